The van der Waals surface area contributed by atoms with Crippen molar-refractivity contribution in [3.63, 3.8) is 0 Å². The molecule has 0 bridgehead atoms. The summed E-state index contributed by atoms with van der Waals surface area (Å²) in [6.07, 6.45) is 0. The van der Waals surface area contributed by atoms with Crippen molar-refractivity contribution in [2.75, 3.05) is 0 Å². The maximum atomic E-state index is 12.2. The highest BCUT2D eigenvalue weighted by atomic mass is 32.2. The lowest BCUT2D eigenvalue weighted by Gasteiger charge is -2.16. The molecule has 0 heterocycles. The van der Waals surface area contributed by atoms with Crippen molar-refractivity contribution >= 4 is 16.8 Å². The highest BCUT2D eigenvalue weighted by molar-refractivity contribution is 7.85. The van der Waals surface area contributed by atoms with E-state index >= 15 is 0 Å². The quantitative estimate of drug-likeness (QED) is 0.893. The first kappa shape index (κ1) is 14.9. The van der Waals surface area contributed by atoms with Crippen LogP contribution in [-0.4, -0.2) is 20.5 Å². The van der Waals surface area contributed by atoms with E-state index in [-0.39, 0.29) is 0 Å². The molecule has 3 nitrogen and oxygen atoms in total. The van der Waals surface area contributed by atoms with E-state index in [4.69, 9.17) is 5.11 Å². The molecule has 0 radical (unpaired) electrons. The van der Waals surface area contributed by atoms with Gasteiger partial charge in [0, 0.05) is 10.1 Å². The average Bonchev–Trinajstić information content (AvgIpc) is 2.36. The Balaban J connectivity index is 2.87. The van der Waals surface area contributed by atoms with E-state index in [1.165, 1.54) is 5.56 Å². The van der Waals surface area contributed by atoms with Gasteiger partial charge in [0.25, 0.3) is 0 Å². The minimum atomic E-state index is -1.28. The Hall–Kier alpha value is -1.16. The second kappa shape index (κ2) is 6.14. The Kier molecular flexibility index (Phi) is 5.08. The molecule has 0 saturated carbocycles. The van der Waals surface area contributed by atoms with Crippen LogP contribution in [0, 0.1) is 5.92 Å². The van der Waals surface area contributed by atoms with Crippen molar-refractivity contribution < 1.29 is 14.1 Å². The summed E-state index contributed by atoms with van der Waals surface area (Å²) in [6.45, 7) is 7.50. The fourth-order valence-corrected chi connectivity index (χ4v) is 2.91. The van der Waals surface area contributed by atoms with Gasteiger partial charge < -0.3 is 5.11 Å². The third-order valence-corrected chi connectivity index (χ3v) is 5.03. The molecule has 4 heteroatoms. The number of benzene rings is 1. The first-order valence-electron chi connectivity index (χ1n) is 6.08. The molecular formula is C14H20O3S. The van der Waals surface area contributed by atoms with Crippen LogP contribution in [0.4, 0.5) is 0 Å². The Morgan fingerprint density at radius 2 is 1.61 bits per heavy atom. The third kappa shape index (κ3) is 3.42. The van der Waals surface area contributed by atoms with Crippen molar-refractivity contribution in [3.8, 4) is 0 Å². The Bertz CT molecular complexity index is 437. The fraction of sp³-hybridized carbons (Fsp3) is 0.500. The van der Waals surface area contributed by atoms with E-state index in [0.29, 0.717) is 10.8 Å². The maximum Gasteiger partial charge on any atom is 0.307 e. The maximum absolute atomic E-state index is 12.2. The number of hydrogen-bond donors (Lipinski definition) is 1. The summed E-state index contributed by atoms with van der Waals surface area (Å²) in [5.74, 6) is -1.09. The molecule has 1 N–H and O–H groups in total. The zero-order chi connectivity index (χ0) is 13.9. The predicted octanol–water partition coefficient (Wildman–Crippen LogP) is 3.03. The highest BCUT2D eigenvalue weighted by Crippen LogP contribution is 2.20. The molecule has 1 aromatic rings. The minimum absolute atomic E-state index is 0.396. The second-order valence-electron chi connectivity index (χ2n) is 4.85. The molecule has 18 heavy (non-hydrogen) atoms. The van der Waals surface area contributed by atoms with Gasteiger partial charge in [0.2, 0.25) is 0 Å². The van der Waals surface area contributed by atoms with Crippen LogP contribution < -0.4 is 0 Å². The predicted molar refractivity (Wildman–Crippen MR) is 73.2 cm³/mol. The molecule has 100 valence electrons. The van der Waals surface area contributed by atoms with Crippen molar-refractivity contribution in [2.24, 2.45) is 5.92 Å². The van der Waals surface area contributed by atoms with E-state index in [0.717, 1.165) is 0 Å². The summed E-state index contributed by atoms with van der Waals surface area (Å²) in [6, 6.07) is 7.57. The standard InChI is InChI=1S/C14H20O3S/c1-9(2)12-5-7-13(8-6-12)18(17)11(4)10(3)14(15)16/h5-11H,1-4H3,(H,15,16). The number of aliphatic carboxylic acids is 1. The van der Waals surface area contributed by atoms with Gasteiger partial charge >= 0.3 is 5.97 Å². The van der Waals surface area contributed by atoms with E-state index < -0.39 is 27.9 Å². The van der Waals surface area contributed by atoms with Gasteiger partial charge in [0.15, 0.2) is 0 Å². The SMILES string of the molecule is CC(C)c1ccc(S(=O)C(C)C(C)C(=O)O)cc1. The molecule has 0 aliphatic rings. The van der Waals surface area contributed by atoms with Crippen LogP contribution >= 0.6 is 0 Å². The number of carboxylic acid groups (broad SMARTS) is 1. The van der Waals surface area contributed by atoms with Gasteiger partial charge in [-0.15, -0.1) is 0 Å². The van der Waals surface area contributed by atoms with Crippen LogP contribution in [0.2, 0.25) is 0 Å². The molecule has 3 atom stereocenters. The summed E-state index contributed by atoms with van der Waals surface area (Å²) < 4.78 is 12.2. The van der Waals surface area contributed by atoms with Gasteiger partial charge in [-0.3, -0.25) is 9.00 Å². The Morgan fingerprint density at radius 1 is 1.11 bits per heavy atom. The Morgan fingerprint density at radius 3 is 2.00 bits per heavy atom. The summed E-state index contributed by atoms with van der Waals surface area (Å²) >= 11 is 0. The lowest BCUT2D eigenvalue weighted by atomic mass is 10.0. The molecule has 3 unspecified atom stereocenters. The second-order valence-corrected chi connectivity index (χ2v) is 6.66. The molecule has 0 aromatic heterocycles. The zero-order valence-corrected chi connectivity index (χ0v) is 12.0. The summed E-state index contributed by atoms with van der Waals surface area (Å²) in [5, 5.41) is 8.53. The van der Waals surface area contributed by atoms with Crippen LogP contribution in [-0.2, 0) is 15.6 Å². The monoisotopic (exact) mass is 268 g/mol. The molecule has 0 fully saturated rings. The molecule has 0 saturated heterocycles. The molecule has 1 rings (SSSR count). The van der Waals surface area contributed by atoms with Gasteiger partial charge in [-0.25, -0.2) is 0 Å². The third-order valence-electron chi connectivity index (χ3n) is 3.21. The van der Waals surface area contributed by atoms with Crippen LogP contribution in [0.5, 0.6) is 0 Å². The Labute approximate surface area is 111 Å². The van der Waals surface area contributed by atoms with Crippen LogP contribution in [0.1, 0.15) is 39.2 Å². The highest BCUT2D eigenvalue weighted by Gasteiger charge is 2.25. The number of carbonyl (C=O) groups is 1. The van der Waals surface area contributed by atoms with E-state index in [9.17, 15) is 9.00 Å². The smallest absolute Gasteiger partial charge is 0.307 e. The number of rotatable bonds is 5. The van der Waals surface area contributed by atoms with Crippen molar-refractivity contribution in [1.82, 2.24) is 0 Å². The zero-order valence-electron chi connectivity index (χ0n) is 11.2. The van der Waals surface area contributed by atoms with Gasteiger partial charge in [-0.2, -0.15) is 0 Å². The molecule has 0 spiro atoms. The van der Waals surface area contributed by atoms with Gasteiger partial charge in [0.05, 0.1) is 16.7 Å². The van der Waals surface area contributed by atoms with E-state index in [1.807, 2.05) is 24.3 Å². The van der Waals surface area contributed by atoms with Crippen molar-refractivity contribution in [1.29, 1.82) is 0 Å². The van der Waals surface area contributed by atoms with E-state index in [2.05, 4.69) is 13.8 Å². The number of carboxylic acids is 1. The lowest BCUT2D eigenvalue weighted by molar-refractivity contribution is -0.141. The first-order valence-corrected chi connectivity index (χ1v) is 7.29. The summed E-state index contributed by atoms with van der Waals surface area (Å²) in [5.41, 5.74) is 1.19. The van der Waals surface area contributed by atoms with Crippen molar-refractivity contribution in [3.05, 3.63) is 29.8 Å². The molecule has 1 aromatic carbocycles. The average molecular weight is 268 g/mol. The molecular weight excluding hydrogens is 248 g/mol. The largest absolute Gasteiger partial charge is 0.481 e. The number of hydrogen-bond acceptors (Lipinski definition) is 2. The van der Waals surface area contributed by atoms with Gasteiger partial charge in [-0.05, 0) is 30.5 Å². The molecule has 0 aliphatic carbocycles. The first-order chi connectivity index (χ1) is 8.34. The van der Waals surface area contributed by atoms with E-state index in [1.54, 1.807) is 13.8 Å². The van der Waals surface area contributed by atoms with Gasteiger partial charge in [0.1, 0.15) is 0 Å². The van der Waals surface area contributed by atoms with Crippen LogP contribution in [0.3, 0.4) is 0 Å². The van der Waals surface area contributed by atoms with Crippen molar-refractivity contribution in [2.45, 2.75) is 43.8 Å². The topological polar surface area (TPSA) is 54.4 Å². The molecule has 0 aliphatic heterocycles. The summed E-state index contributed by atoms with van der Waals surface area (Å²) in [4.78, 5) is 11.6. The minimum Gasteiger partial charge on any atom is -0.481 e. The van der Waals surface area contributed by atoms with Crippen LogP contribution in [0.25, 0.3) is 0 Å². The van der Waals surface area contributed by atoms with Crippen LogP contribution in [0.15, 0.2) is 29.2 Å². The lowest BCUT2D eigenvalue weighted by Crippen LogP contribution is -2.26. The summed E-state index contributed by atoms with van der Waals surface area (Å²) in [7, 11) is -1.28. The fourth-order valence-electron chi connectivity index (χ4n) is 1.59. The normalized spacial score (nSPS) is 16.3. The molecule has 0 amide bonds. The van der Waals surface area contributed by atoms with Gasteiger partial charge in [-0.1, -0.05) is 32.9 Å².